The number of rotatable bonds is 4. The van der Waals surface area contributed by atoms with Crippen molar-refractivity contribution in [3.63, 3.8) is 0 Å². The van der Waals surface area contributed by atoms with Crippen LogP contribution in [-0.4, -0.2) is 12.9 Å². The first-order valence-corrected chi connectivity index (χ1v) is 6.40. The Bertz CT molecular complexity index is 719. The van der Waals surface area contributed by atoms with Crippen molar-refractivity contribution in [3.8, 4) is 11.8 Å². The third-order valence-corrected chi connectivity index (χ3v) is 3.21. The average molecular weight is 283 g/mol. The van der Waals surface area contributed by atoms with E-state index in [1.165, 1.54) is 19.2 Å². The van der Waals surface area contributed by atoms with E-state index in [1.54, 1.807) is 37.3 Å². The van der Waals surface area contributed by atoms with Crippen LogP contribution in [0.3, 0.4) is 0 Å². The van der Waals surface area contributed by atoms with E-state index in [-0.39, 0.29) is 5.56 Å². The highest BCUT2D eigenvalue weighted by molar-refractivity contribution is 6.03. The molecule has 106 valence electrons. The van der Waals surface area contributed by atoms with Gasteiger partial charge in [-0.05, 0) is 42.3 Å². The second kappa shape index (κ2) is 6.19. The zero-order chi connectivity index (χ0) is 15.4. The van der Waals surface area contributed by atoms with Crippen molar-refractivity contribution >= 4 is 5.78 Å². The normalized spacial score (nSPS) is 11.5. The minimum absolute atomic E-state index is 0.0741. The summed E-state index contributed by atoms with van der Waals surface area (Å²) in [7, 11) is 1.50. The van der Waals surface area contributed by atoms with E-state index in [0.29, 0.717) is 11.3 Å². The number of benzene rings is 2. The van der Waals surface area contributed by atoms with Gasteiger partial charge in [-0.3, -0.25) is 4.79 Å². The Balaban J connectivity index is 2.41. The molecule has 0 radical (unpaired) electrons. The summed E-state index contributed by atoms with van der Waals surface area (Å²) in [6.07, 6.45) is 0. The number of halogens is 1. The van der Waals surface area contributed by atoms with Crippen LogP contribution in [0.1, 0.15) is 27.4 Å². The van der Waals surface area contributed by atoms with Gasteiger partial charge in [-0.15, -0.1) is 0 Å². The number of hydrogen-bond acceptors (Lipinski definition) is 3. The van der Waals surface area contributed by atoms with Gasteiger partial charge in [0, 0.05) is 0 Å². The molecule has 1 unspecified atom stereocenters. The summed E-state index contributed by atoms with van der Waals surface area (Å²) >= 11 is 0. The fraction of sp³-hybridized carbons (Fsp3) is 0.176. The van der Waals surface area contributed by atoms with E-state index in [4.69, 9.17) is 4.74 Å². The Morgan fingerprint density at radius 1 is 1.29 bits per heavy atom. The van der Waals surface area contributed by atoms with Crippen LogP contribution in [-0.2, 0) is 0 Å². The predicted molar refractivity (Wildman–Crippen MR) is 76.8 cm³/mol. The van der Waals surface area contributed by atoms with E-state index in [2.05, 4.69) is 0 Å². The van der Waals surface area contributed by atoms with Crippen molar-refractivity contribution in [2.75, 3.05) is 7.11 Å². The zero-order valence-corrected chi connectivity index (χ0v) is 11.8. The number of ether oxygens (including phenoxy) is 1. The number of carbonyl (C=O) groups excluding carboxylic acids is 1. The minimum atomic E-state index is -1.06. The third kappa shape index (κ3) is 3.09. The molecule has 2 aromatic rings. The van der Waals surface area contributed by atoms with Gasteiger partial charge in [-0.25, -0.2) is 4.39 Å². The second-order valence-electron chi connectivity index (χ2n) is 4.69. The van der Waals surface area contributed by atoms with Gasteiger partial charge in [0.05, 0.1) is 18.7 Å². The molecule has 0 saturated carbocycles. The molecule has 0 aromatic heterocycles. The molecule has 2 aromatic carbocycles. The number of carbonyl (C=O) groups is 1. The lowest BCUT2D eigenvalue weighted by Gasteiger charge is -2.11. The van der Waals surface area contributed by atoms with Gasteiger partial charge in [0.1, 0.15) is 17.5 Å². The molecule has 21 heavy (non-hydrogen) atoms. The van der Waals surface area contributed by atoms with Crippen molar-refractivity contribution in [3.05, 3.63) is 65.0 Å². The molecule has 4 heteroatoms. The van der Waals surface area contributed by atoms with Gasteiger partial charge < -0.3 is 4.74 Å². The molecule has 0 aliphatic carbocycles. The molecule has 0 spiro atoms. The molecule has 2 rings (SSSR count). The Morgan fingerprint density at radius 3 is 2.67 bits per heavy atom. The van der Waals surface area contributed by atoms with Crippen molar-refractivity contribution in [1.82, 2.24) is 0 Å². The highest BCUT2D eigenvalue weighted by Gasteiger charge is 2.24. The van der Waals surface area contributed by atoms with Crippen molar-refractivity contribution in [1.29, 1.82) is 5.26 Å². The lowest BCUT2D eigenvalue weighted by atomic mass is 9.91. The van der Waals surface area contributed by atoms with Crippen LogP contribution in [0.15, 0.2) is 42.5 Å². The summed E-state index contributed by atoms with van der Waals surface area (Å²) in [6, 6.07) is 13.0. The molecule has 1 atom stereocenters. The molecule has 0 amide bonds. The monoisotopic (exact) mass is 283 g/mol. The third-order valence-electron chi connectivity index (χ3n) is 3.21. The number of nitriles is 1. The molecule has 3 nitrogen and oxygen atoms in total. The molecule has 0 heterocycles. The van der Waals surface area contributed by atoms with E-state index in [1.807, 2.05) is 6.07 Å². The second-order valence-corrected chi connectivity index (χ2v) is 4.69. The first kappa shape index (κ1) is 14.7. The molecular weight excluding hydrogens is 269 g/mol. The van der Waals surface area contributed by atoms with Crippen LogP contribution in [0.2, 0.25) is 0 Å². The van der Waals surface area contributed by atoms with Gasteiger partial charge in [0.25, 0.3) is 0 Å². The SMILES string of the molecule is COc1cccc(C(C#N)C(=O)c2ccc(C)cc2F)c1. The number of ketones is 1. The maximum Gasteiger partial charge on any atom is 0.187 e. The minimum Gasteiger partial charge on any atom is -0.497 e. The molecule has 0 bridgehead atoms. The Kier molecular flexibility index (Phi) is 4.34. The highest BCUT2D eigenvalue weighted by atomic mass is 19.1. The van der Waals surface area contributed by atoms with E-state index in [0.717, 1.165) is 5.56 Å². The van der Waals surface area contributed by atoms with Crippen molar-refractivity contribution in [2.45, 2.75) is 12.8 Å². The number of aryl methyl sites for hydroxylation is 1. The molecular formula is C17H14FNO2. The smallest absolute Gasteiger partial charge is 0.187 e. The highest BCUT2D eigenvalue weighted by Crippen LogP contribution is 2.25. The van der Waals surface area contributed by atoms with Gasteiger partial charge in [-0.2, -0.15) is 5.26 Å². The quantitative estimate of drug-likeness (QED) is 0.805. The Labute approximate surface area is 122 Å². The fourth-order valence-corrected chi connectivity index (χ4v) is 2.08. The molecule has 0 aliphatic rings. The van der Waals surface area contributed by atoms with Crippen LogP contribution in [0.5, 0.6) is 5.75 Å². The first-order chi connectivity index (χ1) is 10.1. The average Bonchev–Trinajstić information content (AvgIpc) is 2.48. The summed E-state index contributed by atoms with van der Waals surface area (Å²) in [5.74, 6) is -1.67. The van der Waals surface area contributed by atoms with E-state index >= 15 is 0 Å². The van der Waals surface area contributed by atoms with Crippen LogP contribution in [0.4, 0.5) is 4.39 Å². The van der Waals surface area contributed by atoms with Gasteiger partial charge in [0.15, 0.2) is 5.78 Å². The maximum absolute atomic E-state index is 13.9. The van der Waals surface area contributed by atoms with Crippen LogP contribution in [0, 0.1) is 24.1 Å². The van der Waals surface area contributed by atoms with Gasteiger partial charge >= 0.3 is 0 Å². The van der Waals surface area contributed by atoms with Crippen molar-refractivity contribution in [2.24, 2.45) is 0 Å². The number of nitrogens with zero attached hydrogens (tertiary/aromatic N) is 1. The summed E-state index contributed by atoms with van der Waals surface area (Å²) < 4.78 is 19.0. The predicted octanol–water partition coefficient (Wildman–Crippen LogP) is 3.63. The van der Waals surface area contributed by atoms with Crippen molar-refractivity contribution < 1.29 is 13.9 Å². The maximum atomic E-state index is 13.9. The summed E-state index contributed by atoms with van der Waals surface area (Å²) in [4.78, 5) is 12.4. The number of hydrogen-bond donors (Lipinski definition) is 0. The number of Topliss-reactive ketones (excluding diaryl/α,β-unsaturated/α-hetero) is 1. The van der Waals surface area contributed by atoms with Crippen LogP contribution in [0.25, 0.3) is 0 Å². The van der Waals surface area contributed by atoms with E-state index < -0.39 is 17.5 Å². The first-order valence-electron chi connectivity index (χ1n) is 6.40. The van der Waals surface area contributed by atoms with Crippen LogP contribution < -0.4 is 4.74 Å². The standard InChI is InChI=1S/C17H14FNO2/c1-11-6-7-14(16(18)8-11)17(20)15(10-19)12-4-3-5-13(9-12)21-2/h3-9,15H,1-2H3. The van der Waals surface area contributed by atoms with E-state index in [9.17, 15) is 14.4 Å². The molecule has 0 fully saturated rings. The lowest BCUT2D eigenvalue weighted by molar-refractivity contribution is 0.0975. The lowest BCUT2D eigenvalue weighted by Crippen LogP contribution is -2.13. The fourth-order valence-electron chi connectivity index (χ4n) is 2.08. The summed E-state index contributed by atoms with van der Waals surface area (Å²) in [6.45, 7) is 1.74. The number of methoxy groups -OCH3 is 1. The molecule has 0 N–H and O–H groups in total. The Hall–Kier alpha value is -2.67. The molecule has 0 saturated heterocycles. The van der Waals surface area contributed by atoms with Gasteiger partial charge in [0.2, 0.25) is 0 Å². The van der Waals surface area contributed by atoms with Crippen LogP contribution >= 0.6 is 0 Å². The molecule has 0 aliphatic heterocycles. The topological polar surface area (TPSA) is 50.1 Å². The van der Waals surface area contributed by atoms with Gasteiger partial charge in [-0.1, -0.05) is 18.2 Å². The summed E-state index contributed by atoms with van der Waals surface area (Å²) in [5, 5.41) is 9.29. The largest absolute Gasteiger partial charge is 0.497 e. The zero-order valence-electron chi connectivity index (χ0n) is 11.8. The Morgan fingerprint density at radius 2 is 2.05 bits per heavy atom. The summed E-state index contributed by atoms with van der Waals surface area (Å²) in [5.41, 5.74) is 1.13.